The van der Waals surface area contributed by atoms with Crippen molar-refractivity contribution in [2.75, 3.05) is 0 Å². The summed E-state index contributed by atoms with van der Waals surface area (Å²) < 4.78 is 0. The van der Waals surface area contributed by atoms with Crippen LogP contribution in [0.1, 0.15) is 31.9 Å². The smallest absolute Gasteiger partial charge is 0.240 e. The fourth-order valence-corrected chi connectivity index (χ4v) is 3.03. The summed E-state index contributed by atoms with van der Waals surface area (Å²) in [5.41, 5.74) is 10.7. The summed E-state index contributed by atoms with van der Waals surface area (Å²) in [6.45, 7) is 7.24. The summed E-state index contributed by atoms with van der Waals surface area (Å²) in [5.74, 6) is 0.0176. The Morgan fingerprint density at radius 3 is 1.83 bits per heavy atom. The molecule has 0 bridgehead atoms. The Bertz CT molecular complexity index is 683. The van der Waals surface area contributed by atoms with Crippen molar-refractivity contribution in [2.24, 2.45) is 11.1 Å². The highest BCUT2D eigenvalue weighted by atomic mass is 16.2. The minimum Gasteiger partial charge on any atom is -0.333 e. The number of benzene rings is 2. The second-order valence-electron chi connectivity index (χ2n) is 7.35. The molecule has 0 saturated carbocycles. The zero-order valence-electron chi connectivity index (χ0n) is 14.0. The Labute approximate surface area is 138 Å². The summed E-state index contributed by atoms with van der Waals surface area (Å²) in [4.78, 5) is 14.8. The number of amides is 1. The molecule has 3 rings (SSSR count). The molecule has 0 spiro atoms. The molecule has 1 heterocycles. The van der Waals surface area contributed by atoms with Gasteiger partial charge in [0, 0.05) is 13.1 Å². The molecule has 1 atom stereocenters. The van der Waals surface area contributed by atoms with E-state index in [9.17, 15) is 4.79 Å². The number of rotatable bonds is 1. The third kappa shape index (κ3) is 3.02. The molecule has 2 aromatic rings. The molecule has 0 saturated heterocycles. The molecule has 0 fully saturated rings. The van der Waals surface area contributed by atoms with Crippen molar-refractivity contribution >= 4 is 5.91 Å². The zero-order chi connectivity index (χ0) is 16.6. The van der Waals surface area contributed by atoms with Crippen LogP contribution in [0, 0.1) is 5.41 Å². The van der Waals surface area contributed by atoms with Crippen molar-refractivity contribution < 1.29 is 4.79 Å². The lowest BCUT2D eigenvalue weighted by Gasteiger charge is -2.31. The van der Waals surface area contributed by atoms with E-state index in [0.29, 0.717) is 13.1 Å². The lowest BCUT2D eigenvalue weighted by molar-refractivity contribution is -0.136. The number of carbonyl (C=O) groups is 1. The minimum atomic E-state index is -0.500. The highest BCUT2D eigenvalue weighted by Gasteiger charge is 2.32. The number of nitrogens with two attached hydrogens (primary N) is 1. The molecule has 23 heavy (non-hydrogen) atoms. The first-order valence-electron chi connectivity index (χ1n) is 8.08. The monoisotopic (exact) mass is 308 g/mol. The Kier molecular flexibility index (Phi) is 3.99. The van der Waals surface area contributed by atoms with Crippen LogP contribution in [0.15, 0.2) is 48.5 Å². The maximum atomic E-state index is 12.9. The fourth-order valence-electron chi connectivity index (χ4n) is 3.03. The van der Waals surface area contributed by atoms with Crippen LogP contribution in [0.2, 0.25) is 0 Å². The van der Waals surface area contributed by atoms with Gasteiger partial charge in [-0.3, -0.25) is 4.79 Å². The molecule has 0 aliphatic carbocycles. The van der Waals surface area contributed by atoms with Gasteiger partial charge in [-0.1, -0.05) is 69.3 Å². The van der Waals surface area contributed by atoms with Crippen LogP contribution in [-0.2, 0) is 17.9 Å². The first kappa shape index (κ1) is 15.8. The summed E-state index contributed by atoms with van der Waals surface area (Å²) in [7, 11) is 0. The van der Waals surface area contributed by atoms with Crippen molar-refractivity contribution in [2.45, 2.75) is 39.9 Å². The SMILES string of the molecule is CC(C)(C)[C@H](N)C(=O)N1Cc2ccccc2-c2ccccc2C1. The average molecular weight is 308 g/mol. The summed E-state index contributed by atoms with van der Waals surface area (Å²) in [5, 5.41) is 0. The van der Waals surface area contributed by atoms with E-state index < -0.39 is 6.04 Å². The molecule has 0 unspecified atom stereocenters. The molecule has 3 nitrogen and oxygen atoms in total. The standard InChI is InChI=1S/C20H24N2O/c1-20(2,3)18(21)19(23)22-12-14-8-4-6-10-16(14)17-11-7-5-9-15(17)13-22/h4-11,18H,12-13,21H2,1-3H3/t18-/m1/s1. The van der Waals surface area contributed by atoms with E-state index in [0.717, 1.165) is 0 Å². The van der Waals surface area contributed by atoms with Crippen LogP contribution in [0.5, 0.6) is 0 Å². The van der Waals surface area contributed by atoms with Crippen LogP contribution < -0.4 is 5.73 Å². The second kappa shape index (κ2) is 5.82. The fraction of sp³-hybridized carbons (Fsp3) is 0.350. The average Bonchev–Trinajstić information content (AvgIpc) is 2.69. The van der Waals surface area contributed by atoms with Crippen LogP contribution >= 0.6 is 0 Å². The quantitative estimate of drug-likeness (QED) is 0.875. The van der Waals surface area contributed by atoms with E-state index in [1.165, 1.54) is 22.3 Å². The highest BCUT2D eigenvalue weighted by Crippen LogP contribution is 2.33. The minimum absolute atomic E-state index is 0.0176. The third-order valence-corrected chi connectivity index (χ3v) is 4.56. The van der Waals surface area contributed by atoms with Crippen LogP contribution in [-0.4, -0.2) is 16.8 Å². The molecule has 3 heteroatoms. The van der Waals surface area contributed by atoms with E-state index in [-0.39, 0.29) is 11.3 Å². The number of hydrogen-bond acceptors (Lipinski definition) is 2. The Morgan fingerprint density at radius 1 is 0.957 bits per heavy atom. The van der Waals surface area contributed by atoms with Crippen molar-refractivity contribution in [3.63, 3.8) is 0 Å². The summed E-state index contributed by atoms with van der Waals surface area (Å²) >= 11 is 0. The van der Waals surface area contributed by atoms with E-state index in [4.69, 9.17) is 5.73 Å². The number of fused-ring (bicyclic) bond motifs is 3. The molecule has 2 N–H and O–H groups in total. The lowest BCUT2D eigenvalue weighted by Crippen LogP contribution is -2.49. The van der Waals surface area contributed by atoms with E-state index >= 15 is 0 Å². The molecule has 1 amide bonds. The van der Waals surface area contributed by atoms with Gasteiger partial charge in [0.15, 0.2) is 0 Å². The highest BCUT2D eigenvalue weighted by molar-refractivity contribution is 5.84. The third-order valence-electron chi connectivity index (χ3n) is 4.56. The van der Waals surface area contributed by atoms with Gasteiger partial charge in [-0.2, -0.15) is 0 Å². The Balaban J connectivity index is 2.03. The molecule has 2 aromatic carbocycles. The molecule has 1 aliphatic heterocycles. The van der Waals surface area contributed by atoms with Crippen LogP contribution in [0.4, 0.5) is 0 Å². The van der Waals surface area contributed by atoms with Crippen molar-refractivity contribution in [1.82, 2.24) is 4.90 Å². The molecule has 0 radical (unpaired) electrons. The molecular weight excluding hydrogens is 284 g/mol. The largest absolute Gasteiger partial charge is 0.333 e. The van der Waals surface area contributed by atoms with Gasteiger partial charge in [0.25, 0.3) is 0 Å². The second-order valence-corrected chi connectivity index (χ2v) is 7.35. The Morgan fingerprint density at radius 2 is 1.39 bits per heavy atom. The zero-order valence-corrected chi connectivity index (χ0v) is 14.0. The van der Waals surface area contributed by atoms with Gasteiger partial charge >= 0.3 is 0 Å². The Hall–Kier alpha value is -2.13. The maximum Gasteiger partial charge on any atom is 0.240 e. The van der Waals surface area contributed by atoms with Crippen LogP contribution in [0.25, 0.3) is 11.1 Å². The van der Waals surface area contributed by atoms with Gasteiger partial charge in [0.1, 0.15) is 0 Å². The summed E-state index contributed by atoms with van der Waals surface area (Å²) in [6, 6.07) is 16.1. The molecule has 1 aliphatic rings. The first-order valence-corrected chi connectivity index (χ1v) is 8.08. The van der Waals surface area contributed by atoms with Gasteiger partial charge in [-0.25, -0.2) is 0 Å². The topological polar surface area (TPSA) is 46.3 Å². The number of nitrogens with zero attached hydrogens (tertiary/aromatic N) is 1. The van der Waals surface area contributed by atoms with E-state index in [1.807, 2.05) is 49.9 Å². The summed E-state index contributed by atoms with van der Waals surface area (Å²) in [6.07, 6.45) is 0. The first-order chi connectivity index (χ1) is 10.9. The predicted octanol–water partition coefficient (Wildman–Crippen LogP) is 3.57. The van der Waals surface area contributed by atoms with Crippen molar-refractivity contribution in [3.8, 4) is 11.1 Å². The van der Waals surface area contributed by atoms with Crippen LogP contribution in [0.3, 0.4) is 0 Å². The number of hydrogen-bond donors (Lipinski definition) is 1. The van der Waals surface area contributed by atoms with Crippen molar-refractivity contribution in [1.29, 1.82) is 0 Å². The van der Waals surface area contributed by atoms with E-state index in [1.54, 1.807) is 0 Å². The lowest BCUT2D eigenvalue weighted by atomic mass is 9.86. The van der Waals surface area contributed by atoms with Gasteiger partial charge in [0.2, 0.25) is 5.91 Å². The molecule has 0 aromatic heterocycles. The predicted molar refractivity (Wildman–Crippen MR) is 93.6 cm³/mol. The molecular formula is C20H24N2O. The van der Waals surface area contributed by atoms with Crippen molar-refractivity contribution in [3.05, 3.63) is 59.7 Å². The van der Waals surface area contributed by atoms with E-state index in [2.05, 4.69) is 24.3 Å². The maximum absolute atomic E-state index is 12.9. The van der Waals surface area contributed by atoms with Gasteiger partial charge in [0.05, 0.1) is 6.04 Å². The number of carbonyl (C=O) groups excluding carboxylic acids is 1. The van der Waals surface area contributed by atoms with Gasteiger partial charge < -0.3 is 10.6 Å². The molecule has 120 valence electrons. The normalized spacial score (nSPS) is 15.4. The van der Waals surface area contributed by atoms with Gasteiger partial charge in [-0.05, 0) is 27.7 Å². The van der Waals surface area contributed by atoms with Gasteiger partial charge in [-0.15, -0.1) is 0 Å².